The van der Waals surface area contributed by atoms with Crippen molar-refractivity contribution in [1.82, 2.24) is 0 Å². The molecule has 1 unspecified atom stereocenters. The monoisotopic (exact) mass is 186 g/mol. The fourth-order valence-electron chi connectivity index (χ4n) is 0.836. The fraction of sp³-hybridized carbons (Fsp3) is 0.818. The van der Waals surface area contributed by atoms with E-state index in [1.807, 2.05) is 27.7 Å². The van der Waals surface area contributed by atoms with E-state index in [4.69, 9.17) is 9.84 Å². The van der Waals surface area contributed by atoms with Crippen LogP contribution in [0.25, 0.3) is 0 Å². The molecule has 0 saturated carbocycles. The molecule has 1 atom stereocenters. The Hall–Kier alpha value is -0.340. The minimum Gasteiger partial charge on any atom is -0.395 e. The highest BCUT2D eigenvalue weighted by Crippen LogP contribution is 2.22. The van der Waals surface area contributed by atoms with E-state index in [2.05, 4.69) is 6.58 Å². The normalized spacial score (nSPS) is 16.7. The molecule has 2 heteroatoms. The Morgan fingerprint density at radius 2 is 1.85 bits per heavy atom. The van der Waals surface area contributed by atoms with Crippen LogP contribution in [0.3, 0.4) is 0 Å². The van der Waals surface area contributed by atoms with E-state index in [0.29, 0.717) is 6.61 Å². The van der Waals surface area contributed by atoms with Crippen LogP contribution >= 0.6 is 0 Å². The average molecular weight is 186 g/mol. The second-order valence-electron chi connectivity index (χ2n) is 4.73. The second kappa shape index (κ2) is 4.77. The van der Waals surface area contributed by atoms with E-state index in [1.54, 1.807) is 6.08 Å². The van der Waals surface area contributed by atoms with Crippen LogP contribution in [0.2, 0.25) is 0 Å². The van der Waals surface area contributed by atoms with E-state index in [0.717, 1.165) is 6.42 Å². The first-order valence-corrected chi connectivity index (χ1v) is 4.71. The zero-order valence-corrected chi connectivity index (χ0v) is 9.26. The van der Waals surface area contributed by atoms with Crippen LogP contribution in [0.5, 0.6) is 0 Å². The predicted octanol–water partition coefficient (Wildman–Crippen LogP) is 2.38. The third kappa shape index (κ3) is 5.83. The molecule has 0 radical (unpaired) electrons. The maximum atomic E-state index is 9.09. The largest absolute Gasteiger partial charge is 0.395 e. The van der Waals surface area contributed by atoms with Gasteiger partial charge in [-0.25, -0.2) is 0 Å². The first-order valence-electron chi connectivity index (χ1n) is 4.71. The Bertz CT molecular complexity index is 158. The molecule has 0 aliphatic carbocycles. The van der Waals surface area contributed by atoms with Crippen LogP contribution in [0.15, 0.2) is 12.7 Å². The summed E-state index contributed by atoms with van der Waals surface area (Å²) in [6, 6.07) is 0. The third-order valence-electron chi connectivity index (χ3n) is 2.06. The van der Waals surface area contributed by atoms with Crippen molar-refractivity contribution in [3.8, 4) is 0 Å². The Balaban J connectivity index is 3.81. The zero-order chi connectivity index (χ0) is 10.5. The van der Waals surface area contributed by atoms with Crippen molar-refractivity contribution in [2.75, 3.05) is 13.2 Å². The van der Waals surface area contributed by atoms with Crippen LogP contribution in [-0.2, 0) is 4.74 Å². The smallest absolute Gasteiger partial charge is 0.0598 e. The lowest BCUT2D eigenvalue weighted by molar-refractivity contribution is -0.0176. The first kappa shape index (κ1) is 12.7. The maximum absolute atomic E-state index is 9.09. The first-order chi connectivity index (χ1) is 5.83. The standard InChI is InChI=1S/C11H22O2/c1-6-11(5,9-12)7-8-13-10(2,3)4/h6,12H,1,7-9H2,2-5H3. The van der Waals surface area contributed by atoms with Crippen LogP contribution in [0, 0.1) is 5.41 Å². The van der Waals surface area contributed by atoms with Gasteiger partial charge in [0.05, 0.1) is 12.2 Å². The molecule has 0 aromatic rings. The van der Waals surface area contributed by atoms with E-state index in [9.17, 15) is 0 Å². The van der Waals surface area contributed by atoms with Crippen molar-refractivity contribution in [2.45, 2.75) is 39.7 Å². The number of hydrogen-bond donors (Lipinski definition) is 1. The number of hydrogen-bond acceptors (Lipinski definition) is 2. The van der Waals surface area contributed by atoms with E-state index < -0.39 is 0 Å². The lowest BCUT2D eigenvalue weighted by atomic mass is 9.88. The summed E-state index contributed by atoms with van der Waals surface area (Å²) in [5.74, 6) is 0. The topological polar surface area (TPSA) is 29.5 Å². The van der Waals surface area contributed by atoms with E-state index >= 15 is 0 Å². The second-order valence-corrected chi connectivity index (χ2v) is 4.73. The van der Waals surface area contributed by atoms with Gasteiger partial charge < -0.3 is 9.84 Å². The third-order valence-corrected chi connectivity index (χ3v) is 2.06. The highest BCUT2D eigenvalue weighted by atomic mass is 16.5. The molecule has 0 aliphatic rings. The zero-order valence-electron chi connectivity index (χ0n) is 9.26. The summed E-state index contributed by atoms with van der Waals surface area (Å²) in [6.45, 7) is 12.5. The summed E-state index contributed by atoms with van der Waals surface area (Å²) < 4.78 is 5.57. The summed E-state index contributed by atoms with van der Waals surface area (Å²) in [7, 11) is 0. The number of aliphatic hydroxyl groups excluding tert-OH is 1. The fourth-order valence-corrected chi connectivity index (χ4v) is 0.836. The molecule has 0 spiro atoms. The van der Waals surface area contributed by atoms with Crippen molar-refractivity contribution < 1.29 is 9.84 Å². The molecular formula is C11H22O2. The quantitative estimate of drug-likeness (QED) is 0.668. The Kier molecular flexibility index (Phi) is 4.65. The molecule has 0 fully saturated rings. The van der Waals surface area contributed by atoms with Gasteiger partial charge in [0, 0.05) is 12.0 Å². The number of ether oxygens (including phenoxy) is 1. The van der Waals surface area contributed by atoms with Gasteiger partial charge in [0.1, 0.15) is 0 Å². The molecule has 0 aromatic carbocycles. The van der Waals surface area contributed by atoms with E-state index in [-0.39, 0.29) is 17.6 Å². The molecular weight excluding hydrogens is 164 g/mol. The van der Waals surface area contributed by atoms with Crippen molar-refractivity contribution in [3.63, 3.8) is 0 Å². The summed E-state index contributed by atoms with van der Waals surface area (Å²) in [6.07, 6.45) is 2.60. The van der Waals surface area contributed by atoms with Gasteiger partial charge in [-0.15, -0.1) is 6.58 Å². The van der Waals surface area contributed by atoms with Crippen LogP contribution in [-0.4, -0.2) is 23.9 Å². The van der Waals surface area contributed by atoms with Crippen molar-refractivity contribution >= 4 is 0 Å². The molecule has 78 valence electrons. The Labute approximate surface area is 81.6 Å². The lowest BCUT2D eigenvalue weighted by Crippen LogP contribution is -2.25. The van der Waals surface area contributed by atoms with Crippen molar-refractivity contribution in [2.24, 2.45) is 5.41 Å². The van der Waals surface area contributed by atoms with Gasteiger partial charge in [-0.1, -0.05) is 13.0 Å². The van der Waals surface area contributed by atoms with Gasteiger partial charge in [-0.2, -0.15) is 0 Å². The molecule has 0 aliphatic heterocycles. The van der Waals surface area contributed by atoms with Crippen LogP contribution in [0.1, 0.15) is 34.1 Å². The highest BCUT2D eigenvalue weighted by Gasteiger charge is 2.20. The lowest BCUT2D eigenvalue weighted by Gasteiger charge is -2.26. The minimum absolute atomic E-state index is 0.0997. The van der Waals surface area contributed by atoms with Crippen LogP contribution < -0.4 is 0 Å². The minimum atomic E-state index is -0.203. The van der Waals surface area contributed by atoms with Gasteiger partial charge in [0.25, 0.3) is 0 Å². The molecule has 0 rings (SSSR count). The maximum Gasteiger partial charge on any atom is 0.0598 e. The van der Waals surface area contributed by atoms with Gasteiger partial charge in [0.15, 0.2) is 0 Å². The van der Waals surface area contributed by atoms with Crippen molar-refractivity contribution in [3.05, 3.63) is 12.7 Å². The number of aliphatic hydroxyl groups is 1. The summed E-state index contributed by atoms with van der Waals surface area (Å²) in [5, 5.41) is 9.09. The van der Waals surface area contributed by atoms with Gasteiger partial charge in [0.2, 0.25) is 0 Å². The molecule has 0 heterocycles. The van der Waals surface area contributed by atoms with E-state index in [1.165, 1.54) is 0 Å². The summed E-state index contributed by atoms with van der Waals surface area (Å²) >= 11 is 0. The molecule has 0 amide bonds. The summed E-state index contributed by atoms with van der Waals surface area (Å²) in [4.78, 5) is 0. The SMILES string of the molecule is C=CC(C)(CO)CCOC(C)(C)C. The average Bonchev–Trinajstić information content (AvgIpc) is 2.02. The molecule has 0 bridgehead atoms. The molecule has 13 heavy (non-hydrogen) atoms. The molecule has 2 nitrogen and oxygen atoms in total. The molecule has 1 N–H and O–H groups in total. The van der Waals surface area contributed by atoms with Gasteiger partial charge >= 0.3 is 0 Å². The molecule has 0 saturated heterocycles. The predicted molar refractivity (Wildman–Crippen MR) is 55.7 cm³/mol. The Morgan fingerprint density at radius 1 is 1.31 bits per heavy atom. The molecule has 0 aromatic heterocycles. The number of rotatable bonds is 5. The summed E-state index contributed by atoms with van der Waals surface area (Å²) in [5.41, 5.74) is -0.303. The van der Waals surface area contributed by atoms with Gasteiger partial charge in [-0.05, 0) is 27.2 Å². The van der Waals surface area contributed by atoms with Crippen LogP contribution in [0.4, 0.5) is 0 Å². The van der Waals surface area contributed by atoms with Crippen molar-refractivity contribution in [1.29, 1.82) is 0 Å². The Morgan fingerprint density at radius 3 is 2.15 bits per heavy atom. The highest BCUT2D eigenvalue weighted by molar-refractivity contribution is 4.90. The van der Waals surface area contributed by atoms with Gasteiger partial charge in [-0.3, -0.25) is 0 Å².